The van der Waals surface area contributed by atoms with Gasteiger partial charge in [-0.1, -0.05) is 12.1 Å². The molecule has 0 unspecified atom stereocenters. The fourth-order valence-electron chi connectivity index (χ4n) is 1.58. The first-order valence-corrected chi connectivity index (χ1v) is 5.28. The molecular weight excluding hydrogens is 236 g/mol. The van der Waals surface area contributed by atoms with Crippen LogP contribution in [-0.2, 0) is 20.7 Å². The Balaban J connectivity index is 2.27. The summed E-state index contributed by atoms with van der Waals surface area (Å²) in [6.07, 6.45) is -0.0475. The number of carbonyl (C=O) groups excluding carboxylic acids is 2. The lowest BCUT2D eigenvalue weighted by atomic mass is 10.1. The normalized spacial score (nSPS) is 10.3. The highest BCUT2D eigenvalue weighted by atomic mass is 16.6. The van der Waals surface area contributed by atoms with Gasteiger partial charge in [-0.15, -0.1) is 0 Å². The van der Waals surface area contributed by atoms with Gasteiger partial charge in [0.25, 0.3) is 0 Å². The van der Waals surface area contributed by atoms with E-state index in [0.29, 0.717) is 11.1 Å². The maximum atomic E-state index is 11.3. The van der Waals surface area contributed by atoms with Crippen LogP contribution in [0.3, 0.4) is 0 Å². The van der Waals surface area contributed by atoms with Crippen molar-refractivity contribution in [3.63, 3.8) is 0 Å². The number of esters is 2. The van der Waals surface area contributed by atoms with Gasteiger partial charge in [-0.05, 0) is 17.7 Å². The third kappa shape index (κ3) is 2.82. The highest BCUT2D eigenvalue weighted by Gasteiger charge is 2.08. The number of hydrogen-bond acceptors (Lipinski definition) is 5. The number of benzene rings is 1. The molecular formula is C13H10O5. The third-order valence-electron chi connectivity index (χ3n) is 2.29. The molecule has 1 aromatic heterocycles. The minimum absolute atomic E-state index is 0.0475. The van der Waals surface area contributed by atoms with Crippen molar-refractivity contribution in [1.82, 2.24) is 0 Å². The molecule has 0 aliphatic heterocycles. The zero-order valence-corrected chi connectivity index (χ0v) is 9.64. The minimum Gasteiger partial charge on any atom is -0.423 e. The smallest absolute Gasteiger partial charge is 0.336 e. The molecule has 0 spiro atoms. The summed E-state index contributed by atoms with van der Waals surface area (Å²) >= 11 is 0. The van der Waals surface area contributed by atoms with Gasteiger partial charge >= 0.3 is 17.6 Å². The molecule has 2 aromatic rings. The number of rotatable bonds is 2. The van der Waals surface area contributed by atoms with Gasteiger partial charge in [0, 0.05) is 18.4 Å². The Kier molecular flexibility index (Phi) is 3.23. The molecule has 1 heterocycles. The first-order valence-electron chi connectivity index (χ1n) is 5.28. The van der Waals surface area contributed by atoms with Crippen molar-refractivity contribution in [2.75, 3.05) is 0 Å². The van der Waals surface area contributed by atoms with Gasteiger partial charge in [-0.25, -0.2) is 4.79 Å². The highest BCUT2D eigenvalue weighted by Crippen LogP contribution is 2.14. The van der Waals surface area contributed by atoms with Gasteiger partial charge in [-0.2, -0.15) is 0 Å². The SMILES string of the molecule is CC(=O)OC(=O)Cc1ccc2ccc(=O)oc2c1. The predicted molar refractivity (Wildman–Crippen MR) is 63.0 cm³/mol. The largest absolute Gasteiger partial charge is 0.423 e. The molecule has 0 radical (unpaired) electrons. The zero-order chi connectivity index (χ0) is 13.1. The summed E-state index contributed by atoms with van der Waals surface area (Å²) in [6.45, 7) is 1.16. The number of hydrogen-bond donors (Lipinski definition) is 0. The fourth-order valence-corrected chi connectivity index (χ4v) is 1.58. The molecule has 0 N–H and O–H groups in total. The van der Waals surface area contributed by atoms with Crippen molar-refractivity contribution in [3.8, 4) is 0 Å². The molecule has 2 rings (SSSR count). The lowest BCUT2D eigenvalue weighted by Crippen LogP contribution is -2.11. The Labute approximate surface area is 102 Å². The summed E-state index contributed by atoms with van der Waals surface area (Å²) in [4.78, 5) is 32.9. The molecule has 0 bridgehead atoms. The van der Waals surface area contributed by atoms with Gasteiger partial charge in [0.05, 0.1) is 6.42 Å². The second-order valence-corrected chi connectivity index (χ2v) is 3.77. The van der Waals surface area contributed by atoms with Gasteiger partial charge in [-0.3, -0.25) is 9.59 Å². The van der Waals surface area contributed by atoms with Crippen molar-refractivity contribution < 1.29 is 18.7 Å². The molecule has 1 aromatic carbocycles. The van der Waals surface area contributed by atoms with Crippen LogP contribution in [0.1, 0.15) is 12.5 Å². The quantitative estimate of drug-likeness (QED) is 0.455. The summed E-state index contributed by atoms with van der Waals surface area (Å²) in [5.74, 6) is -1.28. The van der Waals surface area contributed by atoms with Crippen LogP contribution in [0.4, 0.5) is 0 Å². The van der Waals surface area contributed by atoms with Gasteiger partial charge < -0.3 is 9.15 Å². The molecule has 0 aliphatic carbocycles. The fraction of sp³-hybridized carbons (Fsp3) is 0.154. The Bertz CT molecular complexity index is 668. The van der Waals surface area contributed by atoms with E-state index < -0.39 is 17.6 Å². The lowest BCUT2D eigenvalue weighted by molar-refractivity contribution is -0.157. The maximum absolute atomic E-state index is 11.3. The van der Waals surface area contributed by atoms with Crippen LogP contribution in [0, 0.1) is 0 Å². The number of fused-ring (bicyclic) bond motifs is 1. The first kappa shape index (κ1) is 12.0. The van der Waals surface area contributed by atoms with Crippen molar-refractivity contribution in [1.29, 1.82) is 0 Å². The topological polar surface area (TPSA) is 73.6 Å². The molecule has 5 nitrogen and oxygen atoms in total. The van der Waals surface area contributed by atoms with Crippen molar-refractivity contribution >= 4 is 22.9 Å². The van der Waals surface area contributed by atoms with Crippen molar-refractivity contribution in [2.24, 2.45) is 0 Å². The molecule has 0 aliphatic rings. The average molecular weight is 246 g/mol. The molecule has 18 heavy (non-hydrogen) atoms. The summed E-state index contributed by atoms with van der Waals surface area (Å²) in [5.41, 5.74) is 0.560. The molecule has 92 valence electrons. The summed E-state index contributed by atoms with van der Waals surface area (Å²) in [7, 11) is 0. The Hall–Kier alpha value is -2.43. The van der Waals surface area contributed by atoms with E-state index in [1.165, 1.54) is 6.07 Å². The third-order valence-corrected chi connectivity index (χ3v) is 2.29. The Morgan fingerprint density at radius 2 is 1.94 bits per heavy atom. The molecule has 0 saturated carbocycles. The van der Waals surface area contributed by atoms with E-state index in [0.717, 1.165) is 12.3 Å². The molecule has 0 saturated heterocycles. The first-order chi connectivity index (χ1) is 8.54. The second-order valence-electron chi connectivity index (χ2n) is 3.77. The number of ether oxygens (including phenoxy) is 1. The van der Waals surface area contributed by atoms with E-state index in [2.05, 4.69) is 4.74 Å². The standard InChI is InChI=1S/C13H10O5/c1-8(14)17-13(16)7-9-2-3-10-4-5-12(15)18-11(10)6-9/h2-6H,7H2,1H3. The summed E-state index contributed by atoms with van der Waals surface area (Å²) < 4.78 is 9.41. The van der Waals surface area contributed by atoms with E-state index in [4.69, 9.17) is 4.42 Å². The zero-order valence-electron chi connectivity index (χ0n) is 9.64. The monoisotopic (exact) mass is 246 g/mol. The summed E-state index contributed by atoms with van der Waals surface area (Å²) in [5, 5.41) is 0.762. The van der Waals surface area contributed by atoms with E-state index in [1.807, 2.05) is 0 Å². The van der Waals surface area contributed by atoms with Crippen LogP contribution in [0.2, 0.25) is 0 Å². The van der Waals surface area contributed by atoms with Crippen LogP contribution >= 0.6 is 0 Å². The van der Waals surface area contributed by atoms with Crippen molar-refractivity contribution in [3.05, 3.63) is 46.3 Å². The van der Waals surface area contributed by atoms with Gasteiger partial charge in [0.1, 0.15) is 5.58 Å². The second kappa shape index (κ2) is 4.83. The van der Waals surface area contributed by atoms with Gasteiger partial charge in [0.2, 0.25) is 0 Å². The van der Waals surface area contributed by atoms with E-state index >= 15 is 0 Å². The maximum Gasteiger partial charge on any atom is 0.336 e. The highest BCUT2D eigenvalue weighted by molar-refractivity contribution is 5.86. The van der Waals surface area contributed by atoms with Crippen LogP contribution in [0.25, 0.3) is 11.0 Å². The average Bonchev–Trinajstić information content (AvgIpc) is 2.27. The van der Waals surface area contributed by atoms with E-state index in [-0.39, 0.29) is 6.42 Å². The number of carbonyl (C=O) groups is 2. The summed E-state index contributed by atoms with van der Waals surface area (Å²) in [6, 6.07) is 7.99. The van der Waals surface area contributed by atoms with Gasteiger partial charge in [0.15, 0.2) is 0 Å². The minimum atomic E-state index is -0.646. The van der Waals surface area contributed by atoms with Crippen LogP contribution in [-0.4, -0.2) is 11.9 Å². The molecule has 0 amide bonds. The van der Waals surface area contributed by atoms with Crippen molar-refractivity contribution in [2.45, 2.75) is 13.3 Å². The Morgan fingerprint density at radius 3 is 2.67 bits per heavy atom. The Morgan fingerprint density at radius 1 is 1.22 bits per heavy atom. The van der Waals surface area contributed by atoms with E-state index in [9.17, 15) is 14.4 Å². The molecule has 5 heteroatoms. The van der Waals surface area contributed by atoms with E-state index in [1.54, 1.807) is 24.3 Å². The molecule has 0 atom stereocenters. The lowest BCUT2D eigenvalue weighted by Gasteiger charge is -2.02. The van der Waals surface area contributed by atoms with Crippen LogP contribution in [0.15, 0.2) is 39.5 Å². The van der Waals surface area contributed by atoms with Crippen LogP contribution < -0.4 is 5.63 Å². The molecule has 0 fully saturated rings. The predicted octanol–water partition coefficient (Wildman–Crippen LogP) is 1.43. The van der Waals surface area contributed by atoms with Crippen LogP contribution in [0.5, 0.6) is 0 Å².